The van der Waals surface area contributed by atoms with E-state index in [0.29, 0.717) is 28.0 Å². The SMILES string of the molecule is C=CC(=O)OCOc1ccc(-c2cc(N)c3c(c2N)C(=O)c2ccccc2C3=O)cc1. The summed E-state index contributed by atoms with van der Waals surface area (Å²) in [6.45, 7) is 3.05. The Balaban J connectivity index is 1.69. The summed E-state index contributed by atoms with van der Waals surface area (Å²) in [6.07, 6.45) is 1.04. The molecule has 0 heterocycles. The average Bonchev–Trinajstić information content (AvgIpc) is 2.79. The van der Waals surface area contributed by atoms with Gasteiger partial charge in [0.15, 0.2) is 11.6 Å². The molecule has 31 heavy (non-hydrogen) atoms. The summed E-state index contributed by atoms with van der Waals surface area (Å²) in [7, 11) is 0. The van der Waals surface area contributed by atoms with Crippen LogP contribution in [0.1, 0.15) is 31.8 Å². The molecule has 4 N–H and O–H groups in total. The van der Waals surface area contributed by atoms with E-state index >= 15 is 0 Å². The Kier molecular flexibility index (Phi) is 5.00. The van der Waals surface area contributed by atoms with Gasteiger partial charge >= 0.3 is 5.97 Å². The van der Waals surface area contributed by atoms with E-state index in [2.05, 4.69) is 6.58 Å². The number of carbonyl (C=O) groups excluding carboxylic acids is 3. The van der Waals surface area contributed by atoms with Crippen molar-refractivity contribution in [1.29, 1.82) is 0 Å². The van der Waals surface area contributed by atoms with Crippen molar-refractivity contribution >= 4 is 28.9 Å². The van der Waals surface area contributed by atoms with E-state index in [1.165, 1.54) is 0 Å². The molecule has 0 spiro atoms. The highest BCUT2D eigenvalue weighted by Gasteiger charge is 2.34. The number of benzene rings is 3. The third-order valence-electron chi connectivity index (χ3n) is 5.03. The smallest absolute Gasteiger partial charge is 0.333 e. The highest BCUT2D eigenvalue weighted by molar-refractivity contribution is 6.32. The fraction of sp³-hybridized carbons (Fsp3) is 0.0417. The zero-order valence-electron chi connectivity index (χ0n) is 16.4. The van der Waals surface area contributed by atoms with Gasteiger partial charge in [-0.25, -0.2) is 4.79 Å². The Labute approximate surface area is 177 Å². The molecule has 0 saturated heterocycles. The zero-order chi connectivity index (χ0) is 22.1. The summed E-state index contributed by atoms with van der Waals surface area (Å²) >= 11 is 0. The maximum Gasteiger partial charge on any atom is 0.333 e. The number of carbonyl (C=O) groups is 3. The Morgan fingerprint density at radius 3 is 2.13 bits per heavy atom. The van der Waals surface area contributed by atoms with Gasteiger partial charge in [-0.2, -0.15) is 0 Å². The van der Waals surface area contributed by atoms with Gasteiger partial charge < -0.3 is 20.9 Å². The van der Waals surface area contributed by atoms with Gasteiger partial charge in [-0.05, 0) is 23.8 Å². The fourth-order valence-corrected chi connectivity index (χ4v) is 3.53. The molecular weight excluding hydrogens is 396 g/mol. The number of nitrogen functional groups attached to an aromatic ring is 2. The van der Waals surface area contributed by atoms with Crippen LogP contribution < -0.4 is 16.2 Å². The Bertz CT molecular complexity index is 1250. The minimum Gasteiger partial charge on any atom is -0.457 e. The minimum absolute atomic E-state index is 0.121. The molecule has 3 aromatic rings. The number of ether oxygens (including phenoxy) is 2. The van der Waals surface area contributed by atoms with Crippen LogP contribution in [-0.2, 0) is 9.53 Å². The number of fused-ring (bicyclic) bond motifs is 2. The number of ketones is 2. The van der Waals surface area contributed by atoms with Crippen molar-refractivity contribution in [3.8, 4) is 16.9 Å². The second-order valence-corrected chi connectivity index (χ2v) is 6.83. The maximum absolute atomic E-state index is 13.1. The summed E-state index contributed by atoms with van der Waals surface area (Å²) in [5, 5.41) is 0. The molecule has 1 aliphatic rings. The van der Waals surface area contributed by atoms with Crippen molar-refractivity contribution < 1.29 is 23.9 Å². The fourth-order valence-electron chi connectivity index (χ4n) is 3.53. The van der Waals surface area contributed by atoms with Crippen LogP contribution in [0.25, 0.3) is 11.1 Å². The van der Waals surface area contributed by atoms with Crippen molar-refractivity contribution in [3.05, 3.63) is 89.5 Å². The monoisotopic (exact) mass is 414 g/mol. The molecular formula is C24H18N2O5. The highest BCUT2D eigenvalue weighted by atomic mass is 16.7. The van der Waals surface area contributed by atoms with Crippen molar-refractivity contribution in [2.24, 2.45) is 0 Å². The lowest BCUT2D eigenvalue weighted by Crippen LogP contribution is -2.24. The Hall–Kier alpha value is -4.39. The minimum atomic E-state index is -0.588. The van der Waals surface area contributed by atoms with Crippen molar-refractivity contribution in [2.75, 3.05) is 18.3 Å². The molecule has 4 rings (SSSR count). The third kappa shape index (κ3) is 3.42. The molecule has 154 valence electrons. The number of rotatable bonds is 5. The predicted octanol–water partition coefficient (Wildman–Crippen LogP) is 3.36. The lowest BCUT2D eigenvalue weighted by Gasteiger charge is -2.22. The number of esters is 1. The first-order valence-electron chi connectivity index (χ1n) is 9.35. The third-order valence-corrected chi connectivity index (χ3v) is 5.03. The number of hydrogen-bond donors (Lipinski definition) is 2. The van der Waals surface area contributed by atoms with E-state index in [4.69, 9.17) is 20.9 Å². The van der Waals surface area contributed by atoms with Gasteiger partial charge in [0.2, 0.25) is 6.79 Å². The molecule has 3 aromatic carbocycles. The summed E-state index contributed by atoms with van der Waals surface area (Å²) < 4.78 is 10.1. The van der Waals surface area contributed by atoms with Crippen LogP contribution in [0.5, 0.6) is 5.75 Å². The van der Waals surface area contributed by atoms with E-state index in [0.717, 1.165) is 6.08 Å². The molecule has 0 amide bonds. The first kappa shape index (κ1) is 19.9. The quantitative estimate of drug-likeness (QED) is 0.222. The van der Waals surface area contributed by atoms with Crippen LogP contribution in [-0.4, -0.2) is 24.3 Å². The average molecular weight is 414 g/mol. The number of hydrogen-bond acceptors (Lipinski definition) is 7. The van der Waals surface area contributed by atoms with Gasteiger partial charge in [0.1, 0.15) is 5.75 Å². The molecule has 0 aromatic heterocycles. The molecule has 0 radical (unpaired) electrons. The lowest BCUT2D eigenvalue weighted by molar-refractivity contribution is -0.144. The second kappa shape index (κ2) is 7.79. The number of nitrogens with two attached hydrogens (primary N) is 2. The van der Waals surface area contributed by atoms with Gasteiger partial charge in [0.05, 0.1) is 16.8 Å². The normalized spacial score (nSPS) is 12.0. The zero-order valence-corrected chi connectivity index (χ0v) is 16.4. The van der Waals surface area contributed by atoms with Gasteiger partial charge in [0.25, 0.3) is 0 Å². The molecule has 0 unspecified atom stereocenters. The molecule has 1 aliphatic carbocycles. The first-order chi connectivity index (χ1) is 14.9. The standard InChI is InChI=1S/C24H18N2O5/c1-2-19(27)31-12-30-14-9-7-13(8-10-14)17-11-18(25)20-21(22(17)26)24(29)16-6-4-3-5-15(16)23(20)28/h2-11H,1,12,25-26H2. The summed E-state index contributed by atoms with van der Waals surface area (Å²) in [4.78, 5) is 37.1. The predicted molar refractivity (Wildman–Crippen MR) is 116 cm³/mol. The molecule has 0 bridgehead atoms. The van der Waals surface area contributed by atoms with Crippen molar-refractivity contribution in [2.45, 2.75) is 0 Å². The van der Waals surface area contributed by atoms with Crippen molar-refractivity contribution in [3.63, 3.8) is 0 Å². The lowest BCUT2D eigenvalue weighted by atomic mass is 9.80. The van der Waals surface area contributed by atoms with Crippen LogP contribution in [0.2, 0.25) is 0 Å². The highest BCUT2D eigenvalue weighted by Crippen LogP contribution is 2.40. The van der Waals surface area contributed by atoms with Crippen LogP contribution in [0.4, 0.5) is 11.4 Å². The van der Waals surface area contributed by atoms with Crippen LogP contribution >= 0.6 is 0 Å². The summed E-state index contributed by atoms with van der Waals surface area (Å²) in [5.41, 5.74) is 15.0. The van der Waals surface area contributed by atoms with Gasteiger partial charge in [-0.3, -0.25) is 9.59 Å². The van der Waals surface area contributed by atoms with E-state index in [9.17, 15) is 14.4 Å². The molecule has 7 nitrogen and oxygen atoms in total. The van der Waals surface area contributed by atoms with Gasteiger partial charge in [0, 0.05) is 28.5 Å². The van der Waals surface area contributed by atoms with E-state index in [1.807, 2.05) is 0 Å². The van der Waals surface area contributed by atoms with E-state index in [1.54, 1.807) is 54.6 Å². The largest absolute Gasteiger partial charge is 0.457 e. The molecule has 0 saturated carbocycles. The van der Waals surface area contributed by atoms with Gasteiger partial charge in [-0.15, -0.1) is 0 Å². The second-order valence-electron chi connectivity index (χ2n) is 6.83. The molecule has 0 atom stereocenters. The topological polar surface area (TPSA) is 122 Å². The summed E-state index contributed by atoms with van der Waals surface area (Å²) in [5.74, 6) is -0.779. The summed E-state index contributed by atoms with van der Waals surface area (Å²) in [6, 6.07) is 15.0. The number of anilines is 2. The van der Waals surface area contributed by atoms with Crippen LogP contribution in [0.3, 0.4) is 0 Å². The van der Waals surface area contributed by atoms with Gasteiger partial charge in [-0.1, -0.05) is 43.0 Å². The van der Waals surface area contributed by atoms with Crippen LogP contribution in [0, 0.1) is 0 Å². The van der Waals surface area contributed by atoms with E-state index < -0.39 is 5.97 Å². The van der Waals surface area contributed by atoms with E-state index in [-0.39, 0.29) is 40.9 Å². The van der Waals surface area contributed by atoms with Crippen LogP contribution in [0.15, 0.2) is 67.3 Å². The Morgan fingerprint density at radius 1 is 0.903 bits per heavy atom. The molecule has 0 fully saturated rings. The maximum atomic E-state index is 13.1. The first-order valence-corrected chi connectivity index (χ1v) is 9.35. The molecule has 0 aliphatic heterocycles. The van der Waals surface area contributed by atoms with Crippen molar-refractivity contribution in [1.82, 2.24) is 0 Å². The molecule has 7 heteroatoms. The Morgan fingerprint density at radius 2 is 1.52 bits per heavy atom.